The van der Waals surface area contributed by atoms with Crippen LogP contribution in [0.4, 0.5) is 0 Å². The first-order chi connectivity index (χ1) is 10.2. The van der Waals surface area contributed by atoms with E-state index in [1.54, 1.807) is 14.2 Å². The highest BCUT2D eigenvalue weighted by Gasteiger charge is 2.05. The summed E-state index contributed by atoms with van der Waals surface area (Å²) in [6, 6.07) is 15.5. The summed E-state index contributed by atoms with van der Waals surface area (Å²) in [5.41, 5.74) is 2.18. The number of hydrogen-bond acceptors (Lipinski definition) is 3. The Morgan fingerprint density at radius 3 is 1.76 bits per heavy atom. The van der Waals surface area contributed by atoms with E-state index in [9.17, 15) is 4.79 Å². The van der Waals surface area contributed by atoms with Crippen LogP contribution in [-0.2, 0) is 17.6 Å². The molecule has 0 unspecified atom stereocenters. The number of hydrogen-bond donors (Lipinski definition) is 0. The number of methoxy groups -OCH3 is 2. The van der Waals surface area contributed by atoms with E-state index in [1.807, 2.05) is 48.5 Å². The summed E-state index contributed by atoms with van der Waals surface area (Å²) in [7, 11) is 3.28. The Labute approximate surface area is 125 Å². The van der Waals surface area contributed by atoms with Crippen LogP contribution in [0.2, 0.25) is 0 Å². The van der Waals surface area contributed by atoms with Crippen LogP contribution in [0.5, 0.6) is 11.5 Å². The van der Waals surface area contributed by atoms with Crippen LogP contribution in [-0.4, -0.2) is 20.0 Å². The van der Waals surface area contributed by atoms with Crippen molar-refractivity contribution in [2.75, 3.05) is 14.2 Å². The van der Waals surface area contributed by atoms with Gasteiger partial charge in [-0.15, -0.1) is 0 Å². The van der Waals surface area contributed by atoms with Crippen LogP contribution in [0.25, 0.3) is 0 Å². The smallest absolute Gasteiger partial charge is 0.137 e. The second-order valence-corrected chi connectivity index (χ2v) is 4.91. The summed E-state index contributed by atoms with van der Waals surface area (Å²) in [6.45, 7) is 0. The summed E-state index contributed by atoms with van der Waals surface area (Å²) >= 11 is 0. The van der Waals surface area contributed by atoms with E-state index in [-0.39, 0.29) is 5.78 Å². The van der Waals surface area contributed by atoms with Crippen molar-refractivity contribution >= 4 is 5.78 Å². The third kappa shape index (κ3) is 4.63. The Morgan fingerprint density at radius 2 is 1.29 bits per heavy atom. The number of Topliss-reactive ketones (excluding diaryl/α,β-unsaturated/α-hetero) is 1. The zero-order valence-electron chi connectivity index (χ0n) is 12.5. The van der Waals surface area contributed by atoms with Crippen molar-refractivity contribution in [1.82, 2.24) is 0 Å². The maximum Gasteiger partial charge on any atom is 0.137 e. The highest BCUT2D eigenvalue weighted by Crippen LogP contribution is 2.15. The van der Waals surface area contributed by atoms with Gasteiger partial charge in [-0.3, -0.25) is 4.79 Å². The van der Waals surface area contributed by atoms with Crippen molar-refractivity contribution in [3.8, 4) is 11.5 Å². The predicted octanol–water partition coefficient (Wildman–Crippen LogP) is 3.45. The molecule has 0 spiro atoms. The molecule has 0 amide bonds. The summed E-state index contributed by atoms with van der Waals surface area (Å²) in [6.07, 6.45) is 1.79. The molecule has 0 saturated carbocycles. The third-order valence-electron chi connectivity index (χ3n) is 3.41. The van der Waals surface area contributed by atoms with E-state index < -0.39 is 0 Å². The van der Waals surface area contributed by atoms with Gasteiger partial charge in [-0.1, -0.05) is 24.3 Å². The Hall–Kier alpha value is -2.29. The molecular formula is C18H20O3. The second-order valence-electron chi connectivity index (χ2n) is 4.91. The fourth-order valence-electron chi connectivity index (χ4n) is 2.14. The molecule has 0 fully saturated rings. The van der Waals surface area contributed by atoms with Crippen molar-refractivity contribution in [1.29, 1.82) is 0 Å². The Balaban J connectivity index is 1.83. The first-order valence-corrected chi connectivity index (χ1v) is 6.99. The molecule has 21 heavy (non-hydrogen) atoms. The van der Waals surface area contributed by atoms with E-state index in [0.29, 0.717) is 12.8 Å². The van der Waals surface area contributed by atoms with Crippen molar-refractivity contribution in [3.63, 3.8) is 0 Å². The van der Waals surface area contributed by atoms with Crippen LogP contribution in [0.15, 0.2) is 48.5 Å². The van der Waals surface area contributed by atoms with Gasteiger partial charge in [0.15, 0.2) is 0 Å². The quantitative estimate of drug-likeness (QED) is 0.781. The van der Waals surface area contributed by atoms with Crippen molar-refractivity contribution in [2.45, 2.75) is 19.3 Å². The van der Waals surface area contributed by atoms with E-state index in [0.717, 1.165) is 29.0 Å². The SMILES string of the molecule is COc1ccc(CCC(=O)Cc2ccc(OC)cc2)cc1. The predicted molar refractivity (Wildman–Crippen MR) is 83.0 cm³/mol. The fraction of sp³-hybridized carbons (Fsp3) is 0.278. The molecule has 0 radical (unpaired) electrons. The van der Waals surface area contributed by atoms with Crippen LogP contribution in [0.3, 0.4) is 0 Å². The number of aryl methyl sites for hydroxylation is 1. The highest BCUT2D eigenvalue weighted by molar-refractivity contribution is 5.81. The Kier molecular flexibility index (Phi) is 5.38. The Morgan fingerprint density at radius 1 is 0.810 bits per heavy atom. The van der Waals surface area contributed by atoms with Crippen molar-refractivity contribution < 1.29 is 14.3 Å². The van der Waals surface area contributed by atoms with Gasteiger partial charge in [0.2, 0.25) is 0 Å². The number of rotatable bonds is 7. The van der Waals surface area contributed by atoms with Crippen LogP contribution in [0.1, 0.15) is 17.5 Å². The van der Waals surface area contributed by atoms with Gasteiger partial charge in [0, 0.05) is 12.8 Å². The normalized spacial score (nSPS) is 10.2. The van der Waals surface area contributed by atoms with E-state index in [2.05, 4.69) is 0 Å². The van der Waals surface area contributed by atoms with Crippen molar-refractivity contribution in [2.24, 2.45) is 0 Å². The molecule has 0 aliphatic rings. The minimum Gasteiger partial charge on any atom is -0.497 e. The van der Waals surface area contributed by atoms with Crippen LogP contribution in [0, 0.1) is 0 Å². The van der Waals surface area contributed by atoms with Gasteiger partial charge in [-0.05, 0) is 41.8 Å². The van der Waals surface area contributed by atoms with Gasteiger partial charge in [-0.2, -0.15) is 0 Å². The van der Waals surface area contributed by atoms with Gasteiger partial charge < -0.3 is 9.47 Å². The molecule has 110 valence electrons. The molecule has 0 saturated heterocycles. The third-order valence-corrected chi connectivity index (χ3v) is 3.41. The van der Waals surface area contributed by atoms with E-state index in [4.69, 9.17) is 9.47 Å². The standard InChI is InChI=1S/C18H20O3/c1-20-17-9-4-14(5-10-17)3-8-16(19)13-15-6-11-18(21-2)12-7-15/h4-7,9-12H,3,8,13H2,1-2H3. The molecule has 0 bridgehead atoms. The number of ketones is 1. The Bertz CT molecular complexity index is 570. The molecule has 2 rings (SSSR count). The highest BCUT2D eigenvalue weighted by atomic mass is 16.5. The molecule has 0 N–H and O–H groups in total. The molecule has 0 aliphatic heterocycles. The fourth-order valence-corrected chi connectivity index (χ4v) is 2.14. The second kappa shape index (κ2) is 7.48. The van der Waals surface area contributed by atoms with Gasteiger partial charge in [0.1, 0.15) is 17.3 Å². The molecule has 2 aromatic rings. The number of benzene rings is 2. The van der Waals surface area contributed by atoms with Crippen LogP contribution >= 0.6 is 0 Å². The maximum atomic E-state index is 12.0. The molecule has 0 heterocycles. The molecule has 3 heteroatoms. The lowest BCUT2D eigenvalue weighted by molar-refractivity contribution is -0.118. The first-order valence-electron chi connectivity index (χ1n) is 6.99. The molecule has 0 aromatic heterocycles. The van der Waals surface area contributed by atoms with Gasteiger partial charge in [0.25, 0.3) is 0 Å². The van der Waals surface area contributed by atoms with E-state index >= 15 is 0 Å². The average molecular weight is 284 g/mol. The van der Waals surface area contributed by atoms with E-state index in [1.165, 1.54) is 0 Å². The minimum atomic E-state index is 0.246. The topological polar surface area (TPSA) is 35.5 Å². The zero-order valence-corrected chi connectivity index (χ0v) is 12.5. The molecule has 2 aromatic carbocycles. The summed E-state index contributed by atoms with van der Waals surface area (Å²) in [5, 5.41) is 0. The molecule has 3 nitrogen and oxygen atoms in total. The summed E-state index contributed by atoms with van der Waals surface area (Å²) in [5.74, 6) is 1.89. The van der Waals surface area contributed by atoms with Crippen LogP contribution < -0.4 is 9.47 Å². The van der Waals surface area contributed by atoms with Gasteiger partial charge in [0.05, 0.1) is 14.2 Å². The monoisotopic (exact) mass is 284 g/mol. The number of carbonyl (C=O) groups excluding carboxylic acids is 1. The van der Waals surface area contributed by atoms with Gasteiger partial charge in [-0.25, -0.2) is 0 Å². The lowest BCUT2D eigenvalue weighted by Gasteiger charge is -2.05. The summed E-state index contributed by atoms with van der Waals surface area (Å²) < 4.78 is 10.2. The number of ether oxygens (including phenoxy) is 2. The number of carbonyl (C=O) groups is 1. The minimum absolute atomic E-state index is 0.246. The molecular weight excluding hydrogens is 264 g/mol. The maximum absolute atomic E-state index is 12.0. The van der Waals surface area contributed by atoms with Crippen molar-refractivity contribution in [3.05, 3.63) is 59.7 Å². The van der Waals surface area contributed by atoms with Gasteiger partial charge >= 0.3 is 0 Å². The average Bonchev–Trinajstić information content (AvgIpc) is 2.54. The molecule has 0 atom stereocenters. The first kappa shape index (κ1) is 15.1. The summed E-state index contributed by atoms with van der Waals surface area (Å²) in [4.78, 5) is 12.0. The zero-order chi connectivity index (χ0) is 15.1. The lowest BCUT2D eigenvalue weighted by atomic mass is 10.0. The molecule has 0 aliphatic carbocycles. The lowest BCUT2D eigenvalue weighted by Crippen LogP contribution is -2.04. The largest absolute Gasteiger partial charge is 0.497 e.